The molecule has 1 unspecified atom stereocenters. The van der Waals surface area contributed by atoms with Crippen LogP contribution in [0.3, 0.4) is 0 Å². The molecule has 0 spiro atoms. The summed E-state index contributed by atoms with van der Waals surface area (Å²) in [5.41, 5.74) is 3.86. The van der Waals surface area contributed by atoms with Gasteiger partial charge in [-0.15, -0.1) is 0 Å². The lowest BCUT2D eigenvalue weighted by Gasteiger charge is -2.27. The summed E-state index contributed by atoms with van der Waals surface area (Å²) >= 11 is 0. The molecule has 0 aliphatic carbocycles. The molecule has 0 heterocycles. The maximum Gasteiger partial charge on any atom is 0.330 e. The lowest BCUT2D eigenvalue weighted by atomic mass is 10.0. The Hall–Kier alpha value is 0.110. The third kappa shape index (κ3) is 2.80. The lowest BCUT2D eigenvalue weighted by molar-refractivity contribution is 0.334. The van der Waals surface area contributed by atoms with Gasteiger partial charge in [-0.1, -0.05) is 0 Å². The van der Waals surface area contributed by atoms with E-state index in [0.29, 0.717) is 0 Å². The molecule has 5 heteroatoms. The zero-order valence-corrected chi connectivity index (χ0v) is 7.30. The van der Waals surface area contributed by atoms with E-state index in [0.717, 1.165) is 0 Å². The Morgan fingerprint density at radius 3 is 1.80 bits per heavy atom. The smallest absolute Gasteiger partial charge is 0.325 e. The van der Waals surface area contributed by atoms with Gasteiger partial charge in [-0.25, -0.2) is 0 Å². The van der Waals surface area contributed by atoms with Gasteiger partial charge < -0.3 is 15.5 Å². The fourth-order valence-corrected chi connectivity index (χ4v) is 1.30. The van der Waals surface area contributed by atoms with Gasteiger partial charge in [-0.05, 0) is 20.8 Å². The summed E-state index contributed by atoms with van der Waals surface area (Å²) in [5, 5.41) is 0. The summed E-state index contributed by atoms with van der Waals surface area (Å²) in [6.07, 6.45) is 0. The molecule has 0 aliphatic heterocycles. The zero-order valence-electron chi connectivity index (χ0n) is 6.40. The van der Waals surface area contributed by atoms with Crippen LogP contribution in [0.5, 0.6) is 0 Å². The predicted molar refractivity (Wildman–Crippen MR) is 39.8 cm³/mol. The monoisotopic (exact) mass is 167 g/mol. The van der Waals surface area contributed by atoms with Crippen molar-refractivity contribution in [2.75, 3.05) is 0 Å². The van der Waals surface area contributed by atoms with Gasteiger partial charge in [-0.3, -0.25) is 4.57 Å². The van der Waals surface area contributed by atoms with E-state index in [1.165, 1.54) is 6.92 Å². The molecule has 0 aromatic heterocycles. The largest absolute Gasteiger partial charge is 0.330 e. The van der Waals surface area contributed by atoms with E-state index in [1.54, 1.807) is 13.8 Å². The number of hydrogen-bond donors (Lipinski definition) is 3. The van der Waals surface area contributed by atoms with Crippen molar-refractivity contribution in [1.29, 1.82) is 0 Å². The molecule has 0 amide bonds. The number of hydrogen-bond acceptors (Lipinski definition) is 2. The Bertz CT molecular complexity index is 157. The van der Waals surface area contributed by atoms with Crippen molar-refractivity contribution in [3.05, 3.63) is 0 Å². The molecule has 0 aromatic rings. The second kappa shape index (κ2) is 2.62. The molecule has 0 radical (unpaired) electrons. The van der Waals surface area contributed by atoms with Crippen LogP contribution in [0.2, 0.25) is 0 Å². The van der Waals surface area contributed by atoms with Crippen molar-refractivity contribution >= 4 is 7.60 Å². The number of nitrogens with two attached hydrogens (primary N) is 1. The highest BCUT2D eigenvalue weighted by atomic mass is 31.2. The Balaban J connectivity index is 4.39. The molecule has 0 rings (SSSR count). The fraction of sp³-hybridized carbons (Fsp3) is 1.00. The third-order valence-electron chi connectivity index (χ3n) is 1.58. The molecule has 10 heavy (non-hydrogen) atoms. The van der Waals surface area contributed by atoms with E-state index >= 15 is 0 Å². The first kappa shape index (κ1) is 10.1. The van der Waals surface area contributed by atoms with Gasteiger partial charge in [0.2, 0.25) is 0 Å². The Kier molecular flexibility index (Phi) is 2.65. The summed E-state index contributed by atoms with van der Waals surface area (Å²) < 4.78 is 10.6. The molecule has 0 aromatic carbocycles. The van der Waals surface area contributed by atoms with Gasteiger partial charge in [0.05, 0.1) is 5.66 Å². The highest BCUT2D eigenvalue weighted by molar-refractivity contribution is 7.52. The van der Waals surface area contributed by atoms with Gasteiger partial charge in [-0.2, -0.15) is 0 Å². The summed E-state index contributed by atoms with van der Waals surface area (Å²) in [4.78, 5) is 17.3. The van der Waals surface area contributed by atoms with Crippen LogP contribution in [-0.2, 0) is 4.57 Å². The normalized spacial score (nSPS) is 17.0. The standard InChI is InChI=1S/C5H14NO3P/c1-4(5(2,3)6)10(7,8)9/h4H,6H2,1-3H3,(H2,7,8,9). The molecule has 0 fully saturated rings. The molecular formula is C5H14NO3P. The average Bonchev–Trinajstić information content (AvgIpc) is 1.59. The SMILES string of the molecule is CC(C(C)(C)N)P(=O)(O)O. The van der Waals surface area contributed by atoms with Crippen molar-refractivity contribution in [2.45, 2.75) is 32.0 Å². The van der Waals surface area contributed by atoms with Gasteiger partial charge in [0.25, 0.3) is 0 Å². The lowest BCUT2D eigenvalue weighted by Crippen LogP contribution is -2.43. The Morgan fingerprint density at radius 2 is 1.80 bits per heavy atom. The van der Waals surface area contributed by atoms with Crippen molar-refractivity contribution in [3.63, 3.8) is 0 Å². The van der Waals surface area contributed by atoms with E-state index < -0.39 is 18.8 Å². The first-order valence-corrected chi connectivity index (χ1v) is 4.68. The van der Waals surface area contributed by atoms with Gasteiger partial charge in [0.1, 0.15) is 0 Å². The molecule has 0 saturated carbocycles. The van der Waals surface area contributed by atoms with Crippen molar-refractivity contribution in [2.24, 2.45) is 5.73 Å². The minimum absolute atomic E-state index is 0.792. The van der Waals surface area contributed by atoms with Crippen LogP contribution in [0, 0.1) is 0 Å². The zero-order chi connectivity index (χ0) is 8.58. The van der Waals surface area contributed by atoms with E-state index in [2.05, 4.69) is 0 Å². The maximum absolute atomic E-state index is 10.6. The first-order chi connectivity index (χ1) is 4.15. The minimum atomic E-state index is -4.00. The van der Waals surface area contributed by atoms with Crippen LogP contribution < -0.4 is 5.73 Å². The topological polar surface area (TPSA) is 83.6 Å². The summed E-state index contributed by atoms with van der Waals surface area (Å²) in [6, 6.07) is 0. The van der Waals surface area contributed by atoms with Crippen LogP contribution in [0.1, 0.15) is 20.8 Å². The summed E-state index contributed by atoms with van der Waals surface area (Å²) in [7, 11) is -4.00. The van der Waals surface area contributed by atoms with Crippen molar-refractivity contribution in [3.8, 4) is 0 Å². The highest BCUT2D eigenvalue weighted by Crippen LogP contribution is 2.44. The van der Waals surface area contributed by atoms with E-state index in [-0.39, 0.29) is 0 Å². The molecule has 1 atom stereocenters. The first-order valence-electron chi connectivity index (χ1n) is 3.00. The van der Waals surface area contributed by atoms with Gasteiger partial charge in [0, 0.05) is 5.54 Å². The second-order valence-electron chi connectivity index (χ2n) is 3.09. The van der Waals surface area contributed by atoms with E-state index in [9.17, 15) is 4.57 Å². The number of rotatable bonds is 2. The highest BCUT2D eigenvalue weighted by Gasteiger charge is 2.34. The quantitative estimate of drug-likeness (QED) is 0.516. The summed E-state index contributed by atoms with van der Waals surface area (Å²) in [5.74, 6) is 0. The van der Waals surface area contributed by atoms with Gasteiger partial charge in [0.15, 0.2) is 0 Å². The maximum atomic E-state index is 10.6. The second-order valence-corrected chi connectivity index (χ2v) is 5.04. The molecule has 0 aliphatic rings. The Labute approximate surface area is 60.6 Å². The fourth-order valence-electron chi connectivity index (χ4n) is 0.433. The van der Waals surface area contributed by atoms with Crippen LogP contribution in [0.4, 0.5) is 0 Å². The minimum Gasteiger partial charge on any atom is -0.325 e. The molecule has 0 saturated heterocycles. The molecular weight excluding hydrogens is 153 g/mol. The average molecular weight is 167 g/mol. The van der Waals surface area contributed by atoms with Crippen LogP contribution in [0.15, 0.2) is 0 Å². The van der Waals surface area contributed by atoms with Crippen LogP contribution >= 0.6 is 7.60 Å². The van der Waals surface area contributed by atoms with E-state index in [4.69, 9.17) is 15.5 Å². The van der Waals surface area contributed by atoms with Crippen molar-refractivity contribution in [1.82, 2.24) is 0 Å². The van der Waals surface area contributed by atoms with Crippen molar-refractivity contribution < 1.29 is 14.4 Å². The Morgan fingerprint density at radius 1 is 1.50 bits per heavy atom. The van der Waals surface area contributed by atoms with Crippen LogP contribution in [-0.4, -0.2) is 21.0 Å². The molecule has 4 N–H and O–H groups in total. The molecule has 4 nitrogen and oxygen atoms in total. The predicted octanol–water partition coefficient (Wildman–Crippen LogP) is 0.290. The van der Waals surface area contributed by atoms with Gasteiger partial charge >= 0.3 is 7.60 Å². The third-order valence-corrected chi connectivity index (χ3v) is 3.26. The van der Waals surface area contributed by atoms with Crippen LogP contribution in [0.25, 0.3) is 0 Å². The molecule has 62 valence electrons. The van der Waals surface area contributed by atoms with E-state index in [1.807, 2.05) is 0 Å². The summed E-state index contributed by atoms with van der Waals surface area (Å²) in [6.45, 7) is 4.63. The molecule has 0 bridgehead atoms.